The fourth-order valence-corrected chi connectivity index (χ4v) is 0.987. The van der Waals surface area contributed by atoms with Crippen molar-refractivity contribution >= 4 is 5.97 Å². The number of hydrogen-bond donors (Lipinski definition) is 2. The van der Waals surface area contributed by atoms with Gasteiger partial charge in [0.2, 0.25) is 0 Å². The quantitative estimate of drug-likeness (QED) is 0.632. The maximum Gasteiger partial charge on any atom is 0.323 e. The van der Waals surface area contributed by atoms with Crippen molar-refractivity contribution in [3.63, 3.8) is 0 Å². The minimum Gasteiger partial charge on any atom is -0.480 e. The third kappa shape index (κ3) is 2.83. The lowest BCUT2D eigenvalue weighted by Crippen LogP contribution is -2.11. The Morgan fingerprint density at radius 2 is 2.38 bits per heavy atom. The number of aryl methyl sites for hydroxylation is 1. The standard InChI is InChI=1S/C7H11N3O3/c11-3-1-2-6-9-8-5-10(6)4-7(12)13/h5,11H,1-4H2,(H,12,13). The average molecular weight is 185 g/mol. The van der Waals surface area contributed by atoms with E-state index in [-0.39, 0.29) is 13.2 Å². The smallest absolute Gasteiger partial charge is 0.323 e. The molecule has 0 aliphatic carbocycles. The molecule has 0 amide bonds. The van der Waals surface area contributed by atoms with E-state index >= 15 is 0 Å². The van der Waals surface area contributed by atoms with Crippen LogP contribution in [-0.2, 0) is 17.8 Å². The molecule has 0 fully saturated rings. The second kappa shape index (κ2) is 4.56. The van der Waals surface area contributed by atoms with Gasteiger partial charge in [-0.1, -0.05) is 0 Å². The van der Waals surface area contributed by atoms with Gasteiger partial charge < -0.3 is 14.8 Å². The molecule has 2 N–H and O–H groups in total. The molecule has 1 heterocycles. The van der Waals surface area contributed by atoms with Gasteiger partial charge in [-0.05, 0) is 6.42 Å². The van der Waals surface area contributed by atoms with E-state index in [4.69, 9.17) is 10.2 Å². The first-order valence-electron chi connectivity index (χ1n) is 3.93. The van der Waals surface area contributed by atoms with E-state index in [9.17, 15) is 4.79 Å². The summed E-state index contributed by atoms with van der Waals surface area (Å²) in [5.41, 5.74) is 0. The number of aliphatic carboxylic acids is 1. The van der Waals surface area contributed by atoms with Crippen LogP contribution in [0.15, 0.2) is 6.33 Å². The Morgan fingerprint density at radius 1 is 1.62 bits per heavy atom. The van der Waals surface area contributed by atoms with Crippen LogP contribution < -0.4 is 0 Å². The zero-order chi connectivity index (χ0) is 9.68. The molecular weight excluding hydrogens is 174 g/mol. The minimum absolute atomic E-state index is 0.0694. The van der Waals surface area contributed by atoms with Crippen molar-refractivity contribution in [1.29, 1.82) is 0 Å². The number of hydrogen-bond acceptors (Lipinski definition) is 4. The van der Waals surface area contributed by atoms with Crippen LogP contribution >= 0.6 is 0 Å². The van der Waals surface area contributed by atoms with Gasteiger partial charge in [0.25, 0.3) is 0 Å². The Hall–Kier alpha value is -1.43. The van der Waals surface area contributed by atoms with Crippen molar-refractivity contribution in [1.82, 2.24) is 14.8 Å². The highest BCUT2D eigenvalue weighted by Gasteiger charge is 2.06. The molecule has 0 spiro atoms. The molecule has 1 rings (SSSR count). The Morgan fingerprint density at radius 3 is 3.00 bits per heavy atom. The zero-order valence-electron chi connectivity index (χ0n) is 7.05. The summed E-state index contributed by atoms with van der Waals surface area (Å²) in [5, 5.41) is 24.4. The van der Waals surface area contributed by atoms with Gasteiger partial charge in [0.15, 0.2) is 0 Å². The molecule has 0 aromatic carbocycles. The van der Waals surface area contributed by atoms with Crippen molar-refractivity contribution in [2.45, 2.75) is 19.4 Å². The molecule has 0 atom stereocenters. The highest BCUT2D eigenvalue weighted by atomic mass is 16.4. The maximum absolute atomic E-state index is 10.4. The summed E-state index contributed by atoms with van der Waals surface area (Å²) in [7, 11) is 0. The number of rotatable bonds is 5. The second-order valence-corrected chi connectivity index (χ2v) is 2.60. The molecule has 1 aromatic rings. The van der Waals surface area contributed by atoms with Crippen LogP contribution in [-0.4, -0.2) is 37.6 Å². The van der Waals surface area contributed by atoms with E-state index in [1.54, 1.807) is 0 Å². The summed E-state index contributed by atoms with van der Waals surface area (Å²) < 4.78 is 1.46. The molecule has 1 aromatic heterocycles. The Balaban J connectivity index is 2.60. The number of aromatic nitrogens is 3. The molecule has 0 radical (unpaired) electrons. The molecule has 13 heavy (non-hydrogen) atoms. The fraction of sp³-hybridized carbons (Fsp3) is 0.571. The topological polar surface area (TPSA) is 88.2 Å². The summed E-state index contributed by atoms with van der Waals surface area (Å²) in [5.74, 6) is -0.332. The van der Waals surface area contributed by atoms with Gasteiger partial charge in [0.05, 0.1) is 0 Å². The number of carboxylic acid groups (broad SMARTS) is 1. The van der Waals surface area contributed by atoms with E-state index in [0.717, 1.165) is 0 Å². The molecule has 0 aliphatic heterocycles. The number of aliphatic hydroxyl groups excluding tert-OH is 1. The first kappa shape index (κ1) is 9.66. The molecule has 0 saturated carbocycles. The summed E-state index contributed by atoms with van der Waals surface area (Å²) >= 11 is 0. The van der Waals surface area contributed by atoms with E-state index in [1.807, 2.05) is 0 Å². The van der Waals surface area contributed by atoms with Crippen LogP contribution in [0.4, 0.5) is 0 Å². The molecule has 72 valence electrons. The lowest BCUT2D eigenvalue weighted by molar-refractivity contribution is -0.137. The van der Waals surface area contributed by atoms with Gasteiger partial charge in [0, 0.05) is 13.0 Å². The fourth-order valence-electron chi connectivity index (χ4n) is 0.987. The van der Waals surface area contributed by atoms with Crippen LogP contribution in [0.3, 0.4) is 0 Å². The van der Waals surface area contributed by atoms with Crippen LogP contribution in [0.1, 0.15) is 12.2 Å². The van der Waals surface area contributed by atoms with Crippen molar-refractivity contribution < 1.29 is 15.0 Å². The van der Waals surface area contributed by atoms with Crippen molar-refractivity contribution in [2.24, 2.45) is 0 Å². The Kier molecular flexibility index (Phi) is 3.39. The zero-order valence-corrected chi connectivity index (χ0v) is 7.05. The first-order chi connectivity index (χ1) is 6.24. The molecule has 0 saturated heterocycles. The van der Waals surface area contributed by atoms with Crippen molar-refractivity contribution in [3.8, 4) is 0 Å². The lowest BCUT2D eigenvalue weighted by Gasteiger charge is -2.01. The van der Waals surface area contributed by atoms with Gasteiger partial charge >= 0.3 is 5.97 Å². The third-order valence-electron chi connectivity index (χ3n) is 1.56. The molecule has 0 bridgehead atoms. The van der Waals surface area contributed by atoms with E-state index in [2.05, 4.69) is 10.2 Å². The van der Waals surface area contributed by atoms with Crippen LogP contribution in [0.2, 0.25) is 0 Å². The lowest BCUT2D eigenvalue weighted by atomic mass is 10.3. The third-order valence-corrected chi connectivity index (χ3v) is 1.56. The van der Waals surface area contributed by atoms with Gasteiger partial charge in [-0.2, -0.15) is 0 Å². The van der Waals surface area contributed by atoms with E-state index < -0.39 is 5.97 Å². The minimum atomic E-state index is -0.926. The monoisotopic (exact) mass is 185 g/mol. The molecular formula is C7H11N3O3. The van der Waals surface area contributed by atoms with E-state index in [0.29, 0.717) is 18.7 Å². The molecule has 0 aliphatic rings. The molecule has 6 nitrogen and oxygen atoms in total. The summed E-state index contributed by atoms with van der Waals surface area (Å²) in [6.45, 7) is -0.0618. The van der Waals surface area contributed by atoms with Crippen LogP contribution in [0, 0.1) is 0 Å². The normalized spacial score (nSPS) is 10.2. The second-order valence-electron chi connectivity index (χ2n) is 2.60. The highest BCUT2D eigenvalue weighted by Crippen LogP contribution is 1.98. The highest BCUT2D eigenvalue weighted by molar-refractivity contribution is 5.66. The van der Waals surface area contributed by atoms with Gasteiger partial charge in [-0.25, -0.2) is 0 Å². The summed E-state index contributed by atoms with van der Waals surface area (Å²) in [4.78, 5) is 10.4. The number of carbonyl (C=O) groups is 1. The molecule has 6 heteroatoms. The Bertz CT molecular complexity index is 284. The predicted molar refractivity (Wildman–Crippen MR) is 43.1 cm³/mol. The number of carboxylic acids is 1. The van der Waals surface area contributed by atoms with Crippen molar-refractivity contribution in [3.05, 3.63) is 12.2 Å². The SMILES string of the molecule is O=C(O)Cn1cnnc1CCCO. The predicted octanol–water partition coefficient (Wildman–Crippen LogP) is -0.712. The molecule has 0 unspecified atom stereocenters. The largest absolute Gasteiger partial charge is 0.480 e. The van der Waals surface area contributed by atoms with E-state index in [1.165, 1.54) is 10.9 Å². The maximum atomic E-state index is 10.4. The van der Waals surface area contributed by atoms with Gasteiger partial charge in [-0.3, -0.25) is 4.79 Å². The van der Waals surface area contributed by atoms with Crippen LogP contribution in [0.25, 0.3) is 0 Å². The number of aliphatic hydroxyl groups is 1. The van der Waals surface area contributed by atoms with Crippen LogP contribution in [0.5, 0.6) is 0 Å². The van der Waals surface area contributed by atoms with Gasteiger partial charge in [0.1, 0.15) is 18.7 Å². The summed E-state index contributed by atoms with van der Waals surface area (Å²) in [6, 6.07) is 0. The average Bonchev–Trinajstić information content (AvgIpc) is 2.48. The van der Waals surface area contributed by atoms with Gasteiger partial charge in [-0.15, -0.1) is 10.2 Å². The Labute approximate surface area is 74.8 Å². The van der Waals surface area contributed by atoms with Crippen molar-refractivity contribution in [2.75, 3.05) is 6.61 Å². The first-order valence-corrected chi connectivity index (χ1v) is 3.93. The number of nitrogens with zero attached hydrogens (tertiary/aromatic N) is 3. The summed E-state index contributed by atoms with van der Waals surface area (Å²) in [6.07, 6.45) is 2.49.